The van der Waals surface area contributed by atoms with Crippen LogP contribution in [0.25, 0.3) is 0 Å². The maximum absolute atomic E-state index is 12.5. The van der Waals surface area contributed by atoms with Crippen LogP contribution in [-0.4, -0.2) is 62.1 Å². The Hall–Kier alpha value is -2.41. The maximum Gasteiger partial charge on any atom is 0.269 e. The lowest BCUT2D eigenvalue weighted by Gasteiger charge is -2.23. The normalized spacial score (nSPS) is 27.3. The van der Waals surface area contributed by atoms with Crippen LogP contribution in [0.3, 0.4) is 0 Å². The Morgan fingerprint density at radius 1 is 1.12 bits per heavy atom. The number of benzene rings is 2. The van der Waals surface area contributed by atoms with E-state index >= 15 is 0 Å². The lowest BCUT2D eigenvalue weighted by Crippen LogP contribution is -2.38. The predicted octanol–water partition coefficient (Wildman–Crippen LogP) is 1.38. The summed E-state index contributed by atoms with van der Waals surface area (Å²) in [6.45, 7) is 0.160. The molecule has 5 atom stereocenters. The fraction of sp³-hybridized carbons (Fsp3) is 0.429. The molecule has 2 aliphatic rings. The summed E-state index contributed by atoms with van der Waals surface area (Å²) in [6.07, 6.45) is -1.67. The maximum atomic E-state index is 12.5. The van der Waals surface area contributed by atoms with Gasteiger partial charge in [0.25, 0.3) is 5.69 Å². The third kappa shape index (κ3) is 4.98. The molecule has 32 heavy (non-hydrogen) atoms. The van der Waals surface area contributed by atoms with Crippen LogP contribution in [0.2, 0.25) is 0 Å². The van der Waals surface area contributed by atoms with Crippen LogP contribution in [0.15, 0.2) is 59.5 Å². The number of hydrogen-bond donors (Lipinski definition) is 2. The molecular weight excluding hydrogens is 440 g/mol. The zero-order chi connectivity index (χ0) is 22.7. The summed E-state index contributed by atoms with van der Waals surface area (Å²) < 4.78 is 45.4. The minimum Gasteiger partial charge on any atom is -0.394 e. The summed E-state index contributed by atoms with van der Waals surface area (Å²) in [5.74, 6) is 0. The van der Waals surface area contributed by atoms with Crippen LogP contribution < -0.4 is 4.72 Å². The number of aliphatic hydroxyl groups is 1. The van der Waals surface area contributed by atoms with E-state index in [9.17, 15) is 23.6 Å². The first kappa shape index (κ1) is 22.8. The van der Waals surface area contributed by atoms with Gasteiger partial charge in [-0.05, 0) is 17.7 Å². The molecular formula is C21H24N2O8S. The average molecular weight is 464 g/mol. The molecule has 2 fully saturated rings. The summed E-state index contributed by atoms with van der Waals surface area (Å²) >= 11 is 0. The zero-order valence-corrected chi connectivity index (χ0v) is 17.9. The Labute approximate surface area is 185 Å². The van der Waals surface area contributed by atoms with Crippen LogP contribution in [-0.2, 0) is 30.8 Å². The first-order valence-electron chi connectivity index (χ1n) is 10.2. The van der Waals surface area contributed by atoms with Gasteiger partial charge in [0.05, 0.1) is 35.2 Å². The monoisotopic (exact) mass is 464 g/mol. The Morgan fingerprint density at radius 2 is 1.84 bits per heavy atom. The predicted molar refractivity (Wildman–Crippen MR) is 112 cm³/mol. The summed E-state index contributed by atoms with van der Waals surface area (Å²) in [5, 5.41) is 20.4. The van der Waals surface area contributed by atoms with Gasteiger partial charge in [-0.1, -0.05) is 30.3 Å². The standard InChI is InChI=1S/C21H24N2O8S/c24-12-19-20(29-13-14-4-2-1-3-5-14)21-18(31-19)10-16(30-21)11-22-32(27,28)17-8-6-15(7-9-17)23(25)26/h1-9,16,18-22,24H,10-13H2/t16-,18+,19-,20-,21-/m1/s1. The number of aliphatic hydroxyl groups excluding tert-OH is 1. The number of nitrogens with one attached hydrogen (secondary N) is 1. The zero-order valence-electron chi connectivity index (χ0n) is 17.1. The number of hydrogen-bond acceptors (Lipinski definition) is 8. The lowest BCUT2D eigenvalue weighted by molar-refractivity contribution is -0.384. The van der Waals surface area contributed by atoms with E-state index in [0.29, 0.717) is 13.0 Å². The molecule has 0 radical (unpaired) electrons. The molecule has 2 saturated heterocycles. The van der Waals surface area contributed by atoms with Crippen molar-refractivity contribution in [1.82, 2.24) is 4.72 Å². The van der Waals surface area contributed by atoms with Crippen molar-refractivity contribution in [3.63, 3.8) is 0 Å². The fourth-order valence-corrected chi connectivity index (χ4v) is 5.04. The number of nitro groups is 1. The number of nitro benzene ring substituents is 1. The Morgan fingerprint density at radius 3 is 2.50 bits per heavy atom. The minimum absolute atomic E-state index is 0.0187. The van der Waals surface area contributed by atoms with Crippen LogP contribution in [0.1, 0.15) is 12.0 Å². The van der Waals surface area contributed by atoms with Gasteiger partial charge in [-0.3, -0.25) is 10.1 Å². The topological polar surface area (TPSA) is 137 Å². The molecule has 2 aromatic rings. The highest BCUT2D eigenvalue weighted by Crippen LogP contribution is 2.36. The van der Waals surface area contributed by atoms with Gasteiger partial charge >= 0.3 is 0 Å². The molecule has 11 heteroatoms. The van der Waals surface area contributed by atoms with E-state index in [1.54, 1.807) is 0 Å². The van der Waals surface area contributed by atoms with Crippen LogP contribution in [0.4, 0.5) is 5.69 Å². The molecule has 0 unspecified atom stereocenters. The number of ether oxygens (including phenoxy) is 3. The smallest absolute Gasteiger partial charge is 0.269 e. The highest BCUT2D eigenvalue weighted by molar-refractivity contribution is 7.89. The van der Waals surface area contributed by atoms with Crippen LogP contribution >= 0.6 is 0 Å². The molecule has 2 N–H and O–H groups in total. The van der Waals surface area contributed by atoms with E-state index < -0.39 is 39.4 Å². The third-order valence-electron chi connectivity index (χ3n) is 5.58. The molecule has 0 saturated carbocycles. The quantitative estimate of drug-likeness (QED) is 0.419. The molecule has 10 nitrogen and oxygen atoms in total. The van der Waals surface area contributed by atoms with Gasteiger partial charge in [0.1, 0.15) is 18.3 Å². The Bertz CT molecular complexity index is 1030. The largest absolute Gasteiger partial charge is 0.394 e. The lowest BCUT2D eigenvalue weighted by atomic mass is 10.1. The number of fused-ring (bicyclic) bond motifs is 1. The van der Waals surface area contributed by atoms with E-state index in [2.05, 4.69) is 4.72 Å². The molecule has 2 aromatic carbocycles. The second-order valence-corrected chi connectivity index (χ2v) is 9.49. The van der Waals surface area contributed by atoms with Crippen molar-refractivity contribution >= 4 is 15.7 Å². The van der Waals surface area contributed by atoms with Gasteiger partial charge in [0, 0.05) is 25.1 Å². The second-order valence-electron chi connectivity index (χ2n) is 7.72. The Kier molecular flexibility index (Phi) is 6.84. The highest BCUT2D eigenvalue weighted by atomic mass is 32.2. The van der Waals surface area contributed by atoms with Crippen LogP contribution in [0.5, 0.6) is 0 Å². The highest BCUT2D eigenvalue weighted by Gasteiger charge is 2.51. The number of sulfonamides is 1. The third-order valence-corrected chi connectivity index (χ3v) is 7.01. The van der Waals surface area contributed by atoms with Crippen molar-refractivity contribution in [2.75, 3.05) is 13.2 Å². The van der Waals surface area contributed by atoms with Crippen molar-refractivity contribution in [2.45, 2.75) is 48.4 Å². The summed E-state index contributed by atoms with van der Waals surface area (Å²) in [4.78, 5) is 10.1. The SMILES string of the molecule is O=[N+]([O-])c1ccc(S(=O)(=O)NC[C@H]2C[C@@H]3O[C@H](CO)[C@@H](OCc4ccccc4)[C@@H]3O2)cc1. The van der Waals surface area contributed by atoms with Crippen LogP contribution in [0, 0.1) is 10.1 Å². The van der Waals surface area contributed by atoms with Gasteiger partial charge < -0.3 is 19.3 Å². The summed E-state index contributed by atoms with van der Waals surface area (Å²) in [6, 6.07) is 14.3. The fourth-order valence-electron chi connectivity index (χ4n) is 3.97. The average Bonchev–Trinajstić information content (AvgIpc) is 3.34. The van der Waals surface area contributed by atoms with Gasteiger partial charge in [-0.25, -0.2) is 13.1 Å². The van der Waals surface area contributed by atoms with E-state index in [1.165, 1.54) is 12.1 Å². The first-order valence-corrected chi connectivity index (χ1v) is 11.7. The number of non-ortho nitro benzene ring substituents is 1. The van der Waals surface area contributed by atoms with Crippen molar-refractivity contribution in [2.24, 2.45) is 0 Å². The van der Waals surface area contributed by atoms with Gasteiger partial charge in [-0.2, -0.15) is 0 Å². The first-order chi connectivity index (χ1) is 15.4. The van der Waals surface area contributed by atoms with Crippen molar-refractivity contribution in [3.8, 4) is 0 Å². The summed E-state index contributed by atoms with van der Waals surface area (Å²) in [5.41, 5.74) is 0.797. The molecule has 2 aliphatic heterocycles. The van der Waals surface area contributed by atoms with E-state index in [0.717, 1.165) is 17.7 Å². The Balaban J connectivity index is 1.34. The molecule has 172 valence electrons. The molecule has 0 bridgehead atoms. The summed E-state index contributed by atoms with van der Waals surface area (Å²) in [7, 11) is -3.85. The van der Waals surface area contributed by atoms with Gasteiger partial charge in [0.2, 0.25) is 10.0 Å². The van der Waals surface area contributed by atoms with Gasteiger partial charge in [0.15, 0.2) is 0 Å². The molecule has 0 aliphatic carbocycles. The van der Waals surface area contributed by atoms with E-state index in [4.69, 9.17) is 14.2 Å². The number of rotatable bonds is 9. The van der Waals surface area contributed by atoms with Crippen molar-refractivity contribution < 1.29 is 32.7 Å². The second kappa shape index (κ2) is 9.61. The molecule has 0 spiro atoms. The molecule has 0 aromatic heterocycles. The van der Waals surface area contributed by atoms with E-state index in [1.807, 2.05) is 30.3 Å². The van der Waals surface area contributed by atoms with E-state index in [-0.39, 0.29) is 29.8 Å². The van der Waals surface area contributed by atoms with Crippen molar-refractivity contribution in [3.05, 3.63) is 70.3 Å². The molecule has 2 heterocycles. The van der Waals surface area contributed by atoms with Gasteiger partial charge in [-0.15, -0.1) is 0 Å². The molecule has 0 amide bonds. The minimum atomic E-state index is -3.85. The number of nitrogens with zero attached hydrogens (tertiary/aromatic N) is 1. The van der Waals surface area contributed by atoms with Crippen molar-refractivity contribution in [1.29, 1.82) is 0 Å². The molecule has 4 rings (SSSR count).